The predicted molar refractivity (Wildman–Crippen MR) is 157 cm³/mol. The van der Waals surface area contributed by atoms with Crippen LogP contribution >= 0.6 is 27.3 Å². The fraction of sp³-hybridized carbons (Fsp3) is 0.179. The van der Waals surface area contributed by atoms with Crippen molar-refractivity contribution in [2.24, 2.45) is 5.10 Å². The number of benzene rings is 3. The monoisotopic (exact) mass is 623 g/mol. The Morgan fingerprint density at radius 2 is 1.70 bits per heavy atom. The lowest BCUT2D eigenvalue weighted by molar-refractivity contribution is -0.120. The minimum Gasteiger partial charge on any atom is -0.493 e. The normalized spacial score (nSPS) is 10.8. The van der Waals surface area contributed by atoms with Gasteiger partial charge in [-0.05, 0) is 48.9 Å². The number of anilines is 1. The first-order valence-corrected chi connectivity index (χ1v) is 13.7. The molecule has 12 heteroatoms. The highest BCUT2D eigenvalue weighted by Gasteiger charge is 2.14. The average molecular weight is 625 g/mol. The number of nitrogens with zero attached hydrogens (tertiary/aromatic N) is 3. The van der Waals surface area contributed by atoms with E-state index in [1.807, 2.05) is 55.5 Å². The molecule has 2 amide bonds. The van der Waals surface area contributed by atoms with Gasteiger partial charge in [0.25, 0.3) is 5.91 Å². The van der Waals surface area contributed by atoms with Gasteiger partial charge in [0, 0.05) is 15.6 Å². The van der Waals surface area contributed by atoms with Gasteiger partial charge in [-0.3, -0.25) is 14.9 Å². The van der Waals surface area contributed by atoms with E-state index in [1.54, 1.807) is 25.3 Å². The zero-order valence-electron chi connectivity index (χ0n) is 21.7. The number of rotatable bonds is 12. The number of hydrogen-bond donors (Lipinski definition) is 2. The topological polar surface area (TPSA) is 124 Å². The second kappa shape index (κ2) is 14.2. The number of aromatic nitrogens is 2. The van der Waals surface area contributed by atoms with Crippen LogP contribution in [0.4, 0.5) is 5.13 Å². The van der Waals surface area contributed by atoms with Crippen molar-refractivity contribution in [2.75, 3.05) is 25.6 Å². The maximum absolute atomic E-state index is 12.5. The lowest BCUT2D eigenvalue weighted by atomic mass is 10.1. The summed E-state index contributed by atoms with van der Waals surface area (Å²) in [6.07, 6.45) is 1.45. The summed E-state index contributed by atoms with van der Waals surface area (Å²) in [6.45, 7) is 2.44. The second-order valence-electron chi connectivity index (χ2n) is 8.27. The van der Waals surface area contributed by atoms with Crippen LogP contribution in [0, 0.1) is 6.92 Å². The fourth-order valence-electron chi connectivity index (χ4n) is 3.51. The highest BCUT2D eigenvalue weighted by molar-refractivity contribution is 9.10. The minimum absolute atomic E-state index is 0.0443. The van der Waals surface area contributed by atoms with Crippen molar-refractivity contribution >= 4 is 50.4 Å². The lowest BCUT2D eigenvalue weighted by Gasteiger charge is -2.12. The Morgan fingerprint density at radius 3 is 2.48 bits per heavy atom. The molecular formula is C28H26BrN5O5S. The summed E-state index contributed by atoms with van der Waals surface area (Å²) in [5.74, 6) is 1.18. The molecule has 3 aromatic carbocycles. The summed E-state index contributed by atoms with van der Waals surface area (Å²) in [5.41, 5.74) is 4.54. The van der Waals surface area contributed by atoms with Crippen molar-refractivity contribution < 1.29 is 23.8 Å². The Morgan fingerprint density at radius 1 is 0.975 bits per heavy atom. The molecule has 0 aliphatic carbocycles. The smallest absolute Gasteiger partial charge is 0.257 e. The van der Waals surface area contributed by atoms with Gasteiger partial charge in [-0.15, -0.1) is 10.2 Å². The first-order chi connectivity index (χ1) is 19.4. The number of para-hydroxylation sites is 2. The zero-order chi connectivity index (χ0) is 28.3. The molecule has 206 valence electrons. The molecule has 1 heterocycles. The van der Waals surface area contributed by atoms with E-state index in [2.05, 4.69) is 42.0 Å². The van der Waals surface area contributed by atoms with Crippen LogP contribution in [0.25, 0.3) is 0 Å². The zero-order valence-corrected chi connectivity index (χ0v) is 24.1. The number of aryl methyl sites for hydroxylation is 1. The Balaban J connectivity index is 1.27. The van der Waals surface area contributed by atoms with Gasteiger partial charge in [-0.1, -0.05) is 57.6 Å². The standard InChI is InChI=1S/C28H26BrN5O5S/c1-18-7-3-4-8-21(18)27(36)31-28-34-33-26(40-28)16-25(35)32-30-17-19-15-20(29)11-12-22(19)38-13-14-39-24-10-6-5-9-23(24)37-2/h3-12,15,17H,13-14,16H2,1-2H3,(H,32,35)(H,31,34,36). The molecule has 4 aromatic rings. The Kier molecular flexibility index (Phi) is 10.2. The first-order valence-electron chi connectivity index (χ1n) is 12.1. The molecular weight excluding hydrogens is 598 g/mol. The van der Waals surface area contributed by atoms with Gasteiger partial charge < -0.3 is 14.2 Å². The Labute approximate surface area is 243 Å². The summed E-state index contributed by atoms with van der Waals surface area (Å²) in [7, 11) is 1.59. The van der Waals surface area contributed by atoms with Crippen molar-refractivity contribution in [3.63, 3.8) is 0 Å². The molecule has 0 unspecified atom stereocenters. The Bertz CT molecular complexity index is 1510. The number of hydrazone groups is 1. The lowest BCUT2D eigenvalue weighted by Crippen LogP contribution is -2.19. The summed E-state index contributed by atoms with van der Waals surface area (Å²) < 4.78 is 17.7. The van der Waals surface area contributed by atoms with E-state index in [-0.39, 0.29) is 24.8 Å². The van der Waals surface area contributed by atoms with E-state index in [0.717, 1.165) is 21.4 Å². The molecule has 0 spiro atoms. The molecule has 0 atom stereocenters. The van der Waals surface area contributed by atoms with Crippen LogP contribution in [-0.4, -0.2) is 48.5 Å². The third-order valence-corrected chi connectivity index (χ3v) is 6.75. The van der Waals surface area contributed by atoms with Gasteiger partial charge in [0.05, 0.1) is 19.7 Å². The van der Waals surface area contributed by atoms with E-state index in [4.69, 9.17) is 14.2 Å². The molecule has 0 saturated carbocycles. The quantitative estimate of drug-likeness (QED) is 0.129. The maximum Gasteiger partial charge on any atom is 0.257 e. The minimum atomic E-state index is -0.383. The number of carbonyl (C=O) groups is 2. The number of halogens is 1. The van der Waals surface area contributed by atoms with Gasteiger partial charge in [0.15, 0.2) is 11.5 Å². The number of hydrogen-bond acceptors (Lipinski definition) is 9. The van der Waals surface area contributed by atoms with Crippen LogP contribution in [0.3, 0.4) is 0 Å². The van der Waals surface area contributed by atoms with Gasteiger partial charge >= 0.3 is 0 Å². The van der Waals surface area contributed by atoms with Crippen molar-refractivity contribution in [3.8, 4) is 17.2 Å². The van der Waals surface area contributed by atoms with Crippen molar-refractivity contribution in [2.45, 2.75) is 13.3 Å². The summed E-state index contributed by atoms with van der Waals surface area (Å²) in [5, 5.41) is 15.5. The number of nitrogens with one attached hydrogen (secondary N) is 2. The summed E-state index contributed by atoms with van der Waals surface area (Å²) in [4.78, 5) is 24.9. The molecule has 0 saturated heterocycles. The van der Waals surface area contributed by atoms with Crippen LogP contribution in [-0.2, 0) is 11.2 Å². The van der Waals surface area contributed by atoms with Crippen molar-refractivity contribution in [3.05, 3.63) is 92.9 Å². The van der Waals surface area contributed by atoms with Crippen LogP contribution in [0.15, 0.2) is 76.3 Å². The van der Waals surface area contributed by atoms with Gasteiger partial charge in [0.2, 0.25) is 11.0 Å². The molecule has 0 bridgehead atoms. The highest BCUT2D eigenvalue weighted by atomic mass is 79.9. The molecule has 4 rings (SSSR count). The van der Waals surface area contributed by atoms with Crippen LogP contribution in [0.5, 0.6) is 17.2 Å². The maximum atomic E-state index is 12.5. The molecule has 0 fully saturated rings. The number of methoxy groups -OCH3 is 1. The van der Waals surface area contributed by atoms with Crippen LogP contribution in [0.1, 0.15) is 26.5 Å². The molecule has 40 heavy (non-hydrogen) atoms. The number of amides is 2. The average Bonchev–Trinajstić information content (AvgIpc) is 3.38. The molecule has 2 N–H and O–H groups in total. The van der Waals surface area contributed by atoms with E-state index in [0.29, 0.717) is 45.1 Å². The molecule has 10 nitrogen and oxygen atoms in total. The largest absolute Gasteiger partial charge is 0.493 e. The number of ether oxygens (including phenoxy) is 3. The summed E-state index contributed by atoms with van der Waals surface area (Å²) >= 11 is 4.56. The van der Waals surface area contributed by atoms with E-state index < -0.39 is 0 Å². The van der Waals surface area contributed by atoms with Crippen LogP contribution in [0.2, 0.25) is 0 Å². The van der Waals surface area contributed by atoms with Crippen LogP contribution < -0.4 is 25.0 Å². The first kappa shape index (κ1) is 28.7. The second-order valence-corrected chi connectivity index (χ2v) is 10.2. The predicted octanol–water partition coefficient (Wildman–Crippen LogP) is 5.02. The number of carbonyl (C=O) groups excluding carboxylic acids is 2. The van der Waals surface area contributed by atoms with Crippen molar-refractivity contribution in [1.29, 1.82) is 0 Å². The third kappa shape index (κ3) is 8.10. The molecule has 1 aromatic heterocycles. The third-order valence-electron chi connectivity index (χ3n) is 5.42. The van der Waals surface area contributed by atoms with E-state index >= 15 is 0 Å². The highest BCUT2D eigenvalue weighted by Crippen LogP contribution is 2.26. The fourth-order valence-corrected chi connectivity index (χ4v) is 4.62. The SMILES string of the molecule is COc1ccccc1OCCOc1ccc(Br)cc1C=NNC(=O)Cc1nnc(NC(=O)c2ccccc2C)s1. The molecule has 0 aliphatic heterocycles. The van der Waals surface area contributed by atoms with Gasteiger partial charge in [-0.25, -0.2) is 5.43 Å². The van der Waals surface area contributed by atoms with Gasteiger partial charge in [-0.2, -0.15) is 5.10 Å². The van der Waals surface area contributed by atoms with Gasteiger partial charge in [0.1, 0.15) is 24.0 Å². The van der Waals surface area contributed by atoms with E-state index in [1.165, 1.54) is 6.21 Å². The van der Waals surface area contributed by atoms with Crippen molar-refractivity contribution in [1.82, 2.24) is 15.6 Å². The molecule has 0 radical (unpaired) electrons. The summed E-state index contributed by atoms with van der Waals surface area (Å²) in [6, 6.07) is 20.1. The Hall–Kier alpha value is -4.29. The van der Waals surface area contributed by atoms with E-state index in [9.17, 15) is 9.59 Å². The molecule has 0 aliphatic rings.